The van der Waals surface area contributed by atoms with Crippen LogP contribution < -0.4 is 10.6 Å². The van der Waals surface area contributed by atoms with Gasteiger partial charge in [0.2, 0.25) is 0 Å². The maximum Gasteiger partial charge on any atom is 0.270 e. The molecule has 0 unspecified atom stereocenters. The number of thiazole rings is 1. The topological polar surface area (TPSA) is 97.2 Å². The largest absolute Gasteiger partial charge is 0.308 e. The Hall–Kier alpha value is -2.62. The number of thiocarbonyl (C=S) groups is 1. The lowest BCUT2D eigenvalue weighted by Crippen LogP contribution is -2.34. The molecule has 7 nitrogen and oxygen atoms in total. The number of non-ortho nitro benzene ring substituents is 1. The number of aromatic nitrogens is 1. The number of nitrogens with zero attached hydrogens (tertiary/aromatic N) is 2. The van der Waals surface area contributed by atoms with Crippen LogP contribution in [0.25, 0.3) is 10.2 Å². The maximum absolute atomic E-state index is 12.1. The Kier molecular flexibility index (Phi) is 4.88. The molecule has 0 radical (unpaired) electrons. The van der Waals surface area contributed by atoms with E-state index in [1.165, 1.54) is 29.5 Å². The molecule has 0 bridgehead atoms. The average molecular weight is 393 g/mol. The number of carbonyl (C=O) groups excluding carboxylic acids is 1. The van der Waals surface area contributed by atoms with E-state index in [2.05, 4.69) is 15.6 Å². The second-order valence-electron chi connectivity index (χ2n) is 4.85. The number of hydrogen-bond donors (Lipinski definition) is 2. The zero-order chi connectivity index (χ0) is 18.0. The number of nitrogens with one attached hydrogen (secondary N) is 2. The number of rotatable bonds is 3. The molecular formula is C15H9ClN4O3S2. The molecule has 1 amide bonds. The van der Waals surface area contributed by atoms with Crippen LogP contribution in [0.15, 0.2) is 42.5 Å². The van der Waals surface area contributed by atoms with Crippen molar-refractivity contribution in [3.8, 4) is 0 Å². The van der Waals surface area contributed by atoms with E-state index in [4.69, 9.17) is 23.8 Å². The number of nitro groups is 1. The number of hydrogen-bond acceptors (Lipinski definition) is 6. The lowest BCUT2D eigenvalue weighted by atomic mass is 10.2. The molecule has 126 valence electrons. The third-order valence-electron chi connectivity index (χ3n) is 3.12. The van der Waals surface area contributed by atoms with Crippen molar-refractivity contribution in [2.24, 2.45) is 0 Å². The maximum atomic E-state index is 12.1. The van der Waals surface area contributed by atoms with Gasteiger partial charge in [0.15, 0.2) is 10.2 Å². The van der Waals surface area contributed by atoms with Crippen molar-refractivity contribution in [3.05, 3.63) is 63.2 Å². The van der Waals surface area contributed by atoms with Crippen molar-refractivity contribution in [1.82, 2.24) is 10.3 Å². The average Bonchev–Trinajstić information content (AvgIpc) is 2.95. The highest BCUT2D eigenvalue weighted by Crippen LogP contribution is 2.29. The van der Waals surface area contributed by atoms with Gasteiger partial charge in [0.25, 0.3) is 11.6 Å². The number of nitro benzene ring substituents is 1. The Morgan fingerprint density at radius 1 is 1.28 bits per heavy atom. The van der Waals surface area contributed by atoms with Crippen molar-refractivity contribution >= 4 is 67.2 Å². The quantitative estimate of drug-likeness (QED) is 0.397. The summed E-state index contributed by atoms with van der Waals surface area (Å²) in [4.78, 5) is 26.7. The number of amides is 1. The van der Waals surface area contributed by atoms with E-state index in [0.717, 1.165) is 0 Å². The highest BCUT2D eigenvalue weighted by atomic mass is 35.5. The predicted octanol–water partition coefficient (Wildman–Crippen LogP) is 3.98. The van der Waals surface area contributed by atoms with E-state index in [-0.39, 0.29) is 10.8 Å². The summed E-state index contributed by atoms with van der Waals surface area (Å²) in [5, 5.41) is 17.1. The van der Waals surface area contributed by atoms with Crippen molar-refractivity contribution in [3.63, 3.8) is 0 Å². The SMILES string of the molecule is O=C(NC(=S)Nc1nc2ccc([N+](=O)[O-])cc2s1)c1cccc(Cl)c1. The van der Waals surface area contributed by atoms with Gasteiger partial charge >= 0.3 is 0 Å². The van der Waals surface area contributed by atoms with Gasteiger partial charge in [0.05, 0.1) is 15.1 Å². The first-order valence-corrected chi connectivity index (χ1v) is 8.45. The summed E-state index contributed by atoms with van der Waals surface area (Å²) in [6.45, 7) is 0. The molecule has 0 saturated carbocycles. The van der Waals surface area contributed by atoms with Crippen molar-refractivity contribution in [1.29, 1.82) is 0 Å². The Bertz CT molecular complexity index is 1010. The lowest BCUT2D eigenvalue weighted by Gasteiger charge is -2.07. The fourth-order valence-electron chi connectivity index (χ4n) is 2.01. The van der Waals surface area contributed by atoms with Gasteiger partial charge in [-0.2, -0.15) is 0 Å². The standard InChI is InChI=1S/C15H9ClN4O3S2/c16-9-3-1-2-8(6-9)13(21)18-14(24)19-15-17-11-5-4-10(20(22)23)7-12(11)25-15/h1-7H,(H2,17,18,19,21,24). The van der Waals surface area contributed by atoms with Gasteiger partial charge in [-0.05, 0) is 36.5 Å². The molecule has 0 aliphatic heterocycles. The van der Waals surface area contributed by atoms with Crippen LogP contribution in [0.5, 0.6) is 0 Å². The molecule has 0 saturated heterocycles. The molecule has 3 aromatic rings. The summed E-state index contributed by atoms with van der Waals surface area (Å²) in [6.07, 6.45) is 0. The number of anilines is 1. The van der Waals surface area contributed by atoms with Crippen LogP contribution in [0.2, 0.25) is 5.02 Å². The smallest absolute Gasteiger partial charge is 0.270 e. The van der Waals surface area contributed by atoms with Crippen LogP contribution in [-0.2, 0) is 0 Å². The molecular weight excluding hydrogens is 384 g/mol. The van der Waals surface area contributed by atoms with E-state index >= 15 is 0 Å². The summed E-state index contributed by atoms with van der Waals surface area (Å²) < 4.78 is 0.640. The van der Waals surface area contributed by atoms with Gasteiger partial charge in [0.1, 0.15) is 0 Å². The van der Waals surface area contributed by atoms with Gasteiger partial charge in [-0.3, -0.25) is 20.2 Å². The molecule has 1 aromatic heterocycles. The van der Waals surface area contributed by atoms with Crippen LogP contribution in [0, 0.1) is 10.1 Å². The highest BCUT2D eigenvalue weighted by Gasteiger charge is 2.12. The molecule has 2 N–H and O–H groups in total. The molecule has 1 heterocycles. The molecule has 0 atom stereocenters. The first kappa shape index (κ1) is 17.2. The molecule has 25 heavy (non-hydrogen) atoms. The molecule has 0 fully saturated rings. The molecule has 3 rings (SSSR count). The first-order valence-electron chi connectivity index (χ1n) is 6.85. The van der Waals surface area contributed by atoms with Crippen molar-refractivity contribution in [2.75, 3.05) is 5.32 Å². The van der Waals surface area contributed by atoms with Gasteiger partial charge in [0, 0.05) is 22.7 Å². The van der Waals surface area contributed by atoms with E-state index in [1.54, 1.807) is 24.3 Å². The minimum atomic E-state index is -0.470. The van der Waals surface area contributed by atoms with Crippen LogP contribution >= 0.6 is 35.2 Å². The Labute approximate surface area is 155 Å². The fourth-order valence-corrected chi connectivity index (χ4v) is 3.36. The first-order chi connectivity index (χ1) is 11.9. The van der Waals surface area contributed by atoms with E-state index in [1.807, 2.05) is 0 Å². The Balaban J connectivity index is 1.71. The van der Waals surface area contributed by atoms with Gasteiger partial charge in [-0.15, -0.1) is 0 Å². The molecule has 0 aliphatic rings. The van der Waals surface area contributed by atoms with E-state index in [9.17, 15) is 14.9 Å². The molecule has 0 spiro atoms. The Morgan fingerprint density at radius 3 is 2.80 bits per heavy atom. The fraction of sp³-hybridized carbons (Fsp3) is 0. The minimum Gasteiger partial charge on any atom is -0.308 e. The van der Waals surface area contributed by atoms with Gasteiger partial charge in [-0.1, -0.05) is 29.0 Å². The van der Waals surface area contributed by atoms with E-state index < -0.39 is 10.8 Å². The summed E-state index contributed by atoms with van der Waals surface area (Å²) in [7, 11) is 0. The summed E-state index contributed by atoms with van der Waals surface area (Å²) in [6, 6.07) is 10.8. The van der Waals surface area contributed by atoms with Gasteiger partial charge < -0.3 is 5.32 Å². The molecule has 0 aliphatic carbocycles. The van der Waals surface area contributed by atoms with Crippen LogP contribution in [0.4, 0.5) is 10.8 Å². The second-order valence-corrected chi connectivity index (χ2v) is 6.72. The summed E-state index contributed by atoms with van der Waals surface area (Å²) in [5.41, 5.74) is 0.957. The summed E-state index contributed by atoms with van der Waals surface area (Å²) >= 11 is 12.1. The van der Waals surface area contributed by atoms with Crippen LogP contribution in [0.1, 0.15) is 10.4 Å². The lowest BCUT2D eigenvalue weighted by molar-refractivity contribution is -0.384. The van der Waals surface area contributed by atoms with Crippen LogP contribution in [0.3, 0.4) is 0 Å². The predicted molar refractivity (Wildman–Crippen MR) is 101 cm³/mol. The zero-order valence-electron chi connectivity index (χ0n) is 12.4. The van der Waals surface area contributed by atoms with E-state index in [0.29, 0.717) is 25.9 Å². The third kappa shape index (κ3) is 4.08. The molecule has 2 aromatic carbocycles. The highest BCUT2D eigenvalue weighted by molar-refractivity contribution is 7.80. The number of benzene rings is 2. The van der Waals surface area contributed by atoms with Crippen molar-refractivity contribution < 1.29 is 9.72 Å². The Morgan fingerprint density at radius 2 is 2.08 bits per heavy atom. The second kappa shape index (κ2) is 7.09. The third-order valence-corrected chi connectivity index (χ3v) is 4.49. The minimum absolute atomic E-state index is 0.0143. The number of halogens is 1. The number of carbonyl (C=O) groups is 1. The monoisotopic (exact) mass is 392 g/mol. The number of fused-ring (bicyclic) bond motifs is 1. The van der Waals surface area contributed by atoms with Crippen LogP contribution in [-0.4, -0.2) is 20.9 Å². The van der Waals surface area contributed by atoms with Gasteiger partial charge in [-0.25, -0.2) is 4.98 Å². The summed E-state index contributed by atoms with van der Waals surface area (Å²) in [5.74, 6) is -0.406. The molecule has 10 heteroatoms. The normalized spacial score (nSPS) is 10.4. The van der Waals surface area contributed by atoms with Crippen molar-refractivity contribution in [2.45, 2.75) is 0 Å². The zero-order valence-corrected chi connectivity index (χ0v) is 14.7.